The van der Waals surface area contributed by atoms with Gasteiger partial charge in [-0.05, 0) is 32.9 Å². The summed E-state index contributed by atoms with van der Waals surface area (Å²) in [6, 6.07) is 5.53. The molecule has 4 rings (SSSR count). The van der Waals surface area contributed by atoms with Gasteiger partial charge in [-0.2, -0.15) is 0 Å². The van der Waals surface area contributed by atoms with Crippen LogP contribution in [0.4, 0.5) is 15.6 Å². The summed E-state index contributed by atoms with van der Waals surface area (Å²) in [7, 11) is 0. The highest BCUT2D eigenvalue weighted by Gasteiger charge is 2.29. The highest BCUT2D eigenvalue weighted by atomic mass is 32.1. The van der Waals surface area contributed by atoms with Crippen molar-refractivity contribution in [3.63, 3.8) is 0 Å². The number of nitrogens with one attached hydrogen (secondary N) is 1. The van der Waals surface area contributed by atoms with Crippen LogP contribution in [0, 0.1) is 0 Å². The summed E-state index contributed by atoms with van der Waals surface area (Å²) in [5.41, 5.74) is 0.652. The predicted octanol–water partition coefficient (Wildman–Crippen LogP) is 3.31. The number of benzene rings is 1. The Kier molecular flexibility index (Phi) is 5.42. The molecular formula is C20H24N4O5S. The summed E-state index contributed by atoms with van der Waals surface area (Å²) < 4.78 is 16.1. The van der Waals surface area contributed by atoms with Gasteiger partial charge in [-0.1, -0.05) is 0 Å². The zero-order valence-electron chi connectivity index (χ0n) is 17.1. The molecule has 3 heterocycles. The Labute approximate surface area is 178 Å². The third-order valence-electron chi connectivity index (χ3n) is 4.57. The molecule has 0 bridgehead atoms. The number of thiazole rings is 1. The molecule has 1 aromatic heterocycles. The van der Waals surface area contributed by atoms with Crippen molar-refractivity contribution in [3.8, 4) is 11.5 Å². The van der Waals surface area contributed by atoms with Crippen LogP contribution in [0.25, 0.3) is 0 Å². The first kappa shape index (κ1) is 20.3. The summed E-state index contributed by atoms with van der Waals surface area (Å²) in [5, 5.41) is 5.54. The van der Waals surface area contributed by atoms with Crippen LogP contribution in [0.5, 0.6) is 11.5 Å². The molecule has 2 aromatic rings. The Morgan fingerprint density at radius 2 is 1.80 bits per heavy atom. The Morgan fingerprint density at radius 1 is 1.10 bits per heavy atom. The molecule has 10 heteroatoms. The molecule has 0 radical (unpaired) electrons. The number of ether oxygens (including phenoxy) is 3. The normalized spacial score (nSPS) is 15.8. The second-order valence-corrected chi connectivity index (χ2v) is 8.85. The van der Waals surface area contributed by atoms with E-state index in [4.69, 9.17) is 14.2 Å². The van der Waals surface area contributed by atoms with Crippen molar-refractivity contribution in [3.05, 3.63) is 29.3 Å². The van der Waals surface area contributed by atoms with E-state index in [1.54, 1.807) is 15.2 Å². The Hall–Kier alpha value is -3.01. The van der Waals surface area contributed by atoms with Gasteiger partial charge in [-0.3, -0.25) is 4.79 Å². The quantitative estimate of drug-likeness (QED) is 0.795. The number of hydrogen-bond acceptors (Lipinski definition) is 8. The van der Waals surface area contributed by atoms with Crippen LogP contribution < -0.4 is 14.8 Å². The van der Waals surface area contributed by atoms with Crippen molar-refractivity contribution < 1.29 is 23.8 Å². The molecule has 0 saturated carbocycles. The lowest BCUT2D eigenvalue weighted by atomic mass is 10.2. The van der Waals surface area contributed by atoms with Gasteiger partial charge in [-0.25, -0.2) is 9.78 Å². The van der Waals surface area contributed by atoms with E-state index in [1.165, 1.54) is 11.3 Å². The zero-order valence-corrected chi connectivity index (χ0v) is 18.0. The molecular weight excluding hydrogens is 408 g/mol. The smallest absolute Gasteiger partial charge is 0.410 e. The van der Waals surface area contributed by atoms with Gasteiger partial charge in [0, 0.05) is 43.3 Å². The van der Waals surface area contributed by atoms with Crippen molar-refractivity contribution in [2.24, 2.45) is 0 Å². The number of anilines is 2. The molecule has 0 atom stereocenters. The summed E-state index contributed by atoms with van der Waals surface area (Å²) in [5.74, 6) is 1.24. The molecule has 1 aromatic carbocycles. The average molecular weight is 433 g/mol. The molecule has 160 valence electrons. The Morgan fingerprint density at radius 3 is 2.53 bits per heavy atom. The molecule has 0 spiro atoms. The van der Waals surface area contributed by atoms with Crippen molar-refractivity contribution in [2.75, 3.05) is 38.3 Å². The van der Waals surface area contributed by atoms with Gasteiger partial charge < -0.3 is 29.3 Å². The van der Waals surface area contributed by atoms with E-state index in [-0.39, 0.29) is 18.8 Å². The number of carbonyl (C=O) groups excluding carboxylic acids is 2. The first-order chi connectivity index (χ1) is 14.3. The maximum Gasteiger partial charge on any atom is 0.410 e. The predicted molar refractivity (Wildman–Crippen MR) is 112 cm³/mol. The van der Waals surface area contributed by atoms with Crippen LogP contribution in [0.3, 0.4) is 0 Å². The molecule has 2 aliphatic heterocycles. The number of carbonyl (C=O) groups is 2. The fourth-order valence-electron chi connectivity index (χ4n) is 3.11. The number of fused-ring (bicyclic) bond motifs is 1. The van der Waals surface area contributed by atoms with Crippen molar-refractivity contribution >= 4 is 34.2 Å². The van der Waals surface area contributed by atoms with Crippen LogP contribution in [0.15, 0.2) is 23.6 Å². The first-order valence-electron chi connectivity index (χ1n) is 9.68. The van der Waals surface area contributed by atoms with E-state index >= 15 is 0 Å². The van der Waals surface area contributed by atoms with E-state index in [0.29, 0.717) is 48.5 Å². The van der Waals surface area contributed by atoms with Crippen LogP contribution >= 0.6 is 11.3 Å². The highest BCUT2D eigenvalue weighted by Crippen LogP contribution is 2.35. The van der Waals surface area contributed by atoms with Gasteiger partial charge in [0.25, 0.3) is 5.91 Å². The minimum atomic E-state index is -0.536. The summed E-state index contributed by atoms with van der Waals surface area (Å²) in [4.78, 5) is 32.7. The SMILES string of the molecule is CC(C)(C)OC(=O)N1CCN(C(=O)c2csc(Nc3ccc4c(c3)OCO4)n2)CC1. The molecule has 1 saturated heterocycles. The molecule has 1 fully saturated rings. The second-order valence-electron chi connectivity index (χ2n) is 7.99. The summed E-state index contributed by atoms with van der Waals surface area (Å²) in [6.07, 6.45) is -0.349. The van der Waals surface area contributed by atoms with Crippen LogP contribution in [-0.2, 0) is 4.74 Å². The number of aromatic nitrogens is 1. The number of piperazine rings is 1. The molecule has 9 nitrogen and oxygen atoms in total. The number of amides is 2. The maximum absolute atomic E-state index is 12.8. The van der Waals surface area contributed by atoms with Gasteiger partial charge in [0.05, 0.1) is 0 Å². The largest absolute Gasteiger partial charge is 0.454 e. The number of nitrogens with zero attached hydrogens (tertiary/aromatic N) is 3. The molecule has 2 aliphatic rings. The minimum Gasteiger partial charge on any atom is -0.454 e. The van der Waals surface area contributed by atoms with E-state index in [2.05, 4.69) is 10.3 Å². The maximum atomic E-state index is 12.8. The first-order valence-corrected chi connectivity index (χ1v) is 10.6. The van der Waals surface area contributed by atoms with E-state index in [1.807, 2.05) is 39.0 Å². The van der Waals surface area contributed by atoms with Gasteiger partial charge in [0.1, 0.15) is 11.3 Å². The van der Waals surface area contributed by atoms with E-state index in [9.17, 15) is 9.59 Å². The fourth-order valence-corrected chi connectivity index (χ4v) is 3.81. The monoisotopic (exact) mass is 432 g/mol. The average Bonchev–Trinajstić information content (AvgIpc) is 3.35. The van der Waals surface area contributed by atoms with Crippen LogP contribution in [0.2, 0.25) is 0 Å². The van der Waals surface area contributed by atoms with Crippen molar-refractivity contribution in [2.45, 2.75) is 26.4 Å². The van der Waals surface area contributed by atoms with Crippen LogP contribution in [-0.4, -0.2) is 65.4 Å². The standard InChI is InChI=1S/C20H24N4O5S/c1-20(2,3)29-19(26)24-8-6-23(7-9-24)17(25)14-11-30-18(22-14)21-13-4-5-15-16(10-13)28-12-27-15/h4-5,10-11H,6-9,12H2,1-3H3,(H,21,22). The van der Waals surface area contributed by atoms with E-state index < -0.39 is 5.60 Å². The minimum absolute atomic E-state index is 0.145. The van der Waals surface area contributed by atoms with Gasteiger partial charge >= 0.3 is 6.09 Å². The number of hydrogen-bond donors (Lipinski definition) is 1. The molecule has 0 aliphatic carbocycles. The van der Waals surface area contributed by atoms with Crippen molar-refractivity contribution in [1.82, 2.24) is 14.8 Å². The molecule has 30 heavy (non-hydrogen) atoms. The third-order valence-corrected chi connectivity index (χ3v) is 5.32. The highest BCUT2D eigenvalue weighted by molar-refractivity contribution is 7.14. The van der Waals surface area contributed by atoms with Crippen LogP contribution in [0.1, 0.15) is 31.3 Å². The summed E-state index contributed by atoms with van der Waals surface area (Å²) >= 11 is 1.36. The topological polar surface area (TPSA) is 93.2 Å². The lowest BCUT2D eigenvalue weighted by Crippen LogP contribution is -2.51. The van der Waals surface area contributed by atoms with E-state index in [0.717, 1.165) is 5.69 Å². The van der Waals surface area contributed by atoms with Gasteiger partial charge in [0.15, 0.2) is 16.6 Å². The lowest BCUT2D eigenvalue weighted by molar-refractivity contribution is 0.0140. The van der Waals surface area contributed by atoms with Crippen molar-refractivity contribution in [1.29, 1.82) is 0 Å². The zero-order chi connectivity index (χ0) is 21.3. The fraction of sp³-hybridized carbons (Fsp3) is 0.450. The number of rotatable bonds is 3. The second kappa shape index (κ2) is 8.02. The third kappa shape index (κ3) is 4.59. The van der Waals surface area contributed by atoms with Gasteiger partial charge in [0.2, 0.25) is 6.79 Å². The lowest BCUT2D eigenvalue weighted by Gasteiger charge is -2.35. The molecule has 0 unspecified atom stereocenters. The summed E-state index contributed by atoms with van der Waals surface area (Å²) in [6.45, 7) is 7.49. The Balaban J connectivity index is 1.33. The molecule has 2 amide bonds. The molecule has 1 N–H and O–H groups in total. The Bertz CT molecular complexity index is 947. The van der Waals surface area contributed by atoms with Gasteiger partial charge in [-0.15, -0.1) is 11.3 Å².